The van der Waals surface area contributed by atoms with E-state index in [1.165, 1.54) is 0 Å². The van der Waals surface area contributed by atoms with E-state index in [0.717, 1.165) is 11.3 Å². The molecule has 2 aromatic rings. The molecule has 0 radical (unpaired) electrons. The van der Waals surface area contributed by atoms with Crippen molar-refractivity contribution in [1.29, 1.82) is 0 Å². The fraction of sp³-hybridized carbons (Fsp3) is 0.167. The minimum absolute atomic E-state index is 0.116. The van der Waals surface area contributed by atoms with Crippen molar-refractivity contribution in [1.82, 2.24) is 14.7 Å². The molecule has 0 aromatic carbocycles. The van der Waals surface area contributed by atoms with Crippen molar-refractivity contribution in [2.24, 2.45) is 0 Å². The number of halogens is 1. The van der Waals surface area contributed by atoms with Gasteiger partial charge in [-0.25, -0.2) is 4.98 Å². The summed E-state index contributed by atoms with van der Waals surface area (Å²) in [5, 5.41) is 3.07. The van der Waals surface area contributed by atoms with Crippen LogP contribution in [0.25, 0.3) is 5.65 Å². The van der Waals surface area contributed by atoms with E-state index in [2.05, 4.69) is 16.9 Å². The molecule has 0 spiro atoms. The van der Waals surface area contributed by atoms with Gasteiger partial charge >= 0.3 is 0 Å². The van der Waals surface area contributed by atoms with Crippen LogP contribution in [0.15, 0.2) is 42.2 Å². The number of fused-ring (bicyclic) bond motifs is 1. The van der Waals surface area contributed by atoms with Gasteiger partial charge in [-0.3, -0.25) is 4.79 Å². The lowest BCUT2D eigenvalue weighted by Crippen LogP contribution is -2.26. The number of aromatic nitrogens is 2. The predicted molar refractivity (Wildman–Crippen MR) is 66.9 cm³/mol. The van der Waals surface area contributed by atoms with Crippen LogP contribution in [-0.2, 0) is 11.2 Å². The van der Waals surface area contributed by atoms with Gasteiger partial charge in [0.1, 0.15) is 5.65 Å². The molecule has 0 aliphatic rings. The number of carbonyl (C=O) groups excluding carboxylic acids is 1. The molecule has 0 fully saturated rings. The summed E-state index contributed by atoms with van der Waals surface area (Å²) in [5.74, 6) is -0.116. The van der Waals surface area contributed by atoms with Gasteiger partial charge in [0.25, 0.3) is 0 Å². The lowest BCUT2D eigenvalue weighted by Gasteiger charge is -2.00. The van der Waals surface area contributed by atoms with Crippen molar-refractivity contribution < 1.29 is 4.79 Å². The SMILES string of the molecule is C=C(Cl)CNC(=O)Cc1cn2ccccc2n1. The number of nitrogens with zero attached hydrogens (tertiary/aromatic N) is 2. The molecule has 1 N–H and O–H groups in total. The molecule has 17 heavy (non-hydrogen) atoms. The van der Waals surface area contributed by atoms with Crippen molar-refractivity contribution >= 4 is 23.2 Å². The van der Waals surface area contributed by atoms with E-state index in [1.807, 2.05) is 35.0 Å². The highest BCUT2D eigenvalue weighted by molar-refractivity contribution is 6.29. The lowest BCUT2D eigenvalue weighted by molar-refractivity contribution is -0.120. The largest absolute Gasteiger partial charge is 0.351 e. The average Bonchev–Trinajstić information content (AvgIpc) is 2.68. The summed E-state index contributed by atoms with van der Waals surface area (Å²) in [4.78, 5) is 15.9. The summed E-state index contributed by atoms with van der Waals surface area (Å²) in [6.45, 7) is 3.79. The summed E-state index contributed by atoms with van der Waals surface area (Å²) in [7, 11) is 0. The maximum Gasteiger partial charge on any atom is 0.226 e. The molecule has 5 heteroatoms. The second kappa shape index (κ2) is 5.01. The van der Waals surface area contributed by atoms with Crippen LogP contribution >= 0.6 is 11.6 Å². The molecule has 0 bridgehead atoms. The number of hydrogen-bond donors (Lipinski definition) is 1. The Balaban J connectivity index is 2.03. The molecule has 2 rings (SSSR count). The minimum Gasteiger partial charge on any atom is -0.351 e. The first-order chi connectivity index (χ1) is 8.15. The Kier molecular flexibility index (Phi) is 3.44. The molecule has 2 heterocycles. The first kappa shape index (κ1) is 11.7. The number of carbonyl (C=O) groups is 1. The third-order valence-corrected chi connectivity index (χ3v) is 2.37. The molecule has 4 nitrogen and oxygen atoms in total. The van der Waals surface area contributed by atoms with Gasteiger partial charge in [0.05, 0.1) is 18.7 Å². The van der Waals surface area contributed by atoms with E-state index in [9.17, 15) is 4.79 Å². The molecule has 0 unspecified atom stereocenters. The number of amides is 1. The van der Waals surface area contributed by atoms with Crippen LogP contribution in [0.3, 0.4) is 0 Å². The van der Waals surface area contributed by atoms with E-state index >= 15 is 0 Å². The second-order valence-corrected chi connectivity index (χ2v) is 4.20. The van der Waals surface area contributed by atoms with Crippen LogP contribution in [0.4, 0.5) is 0 Å². The molecule has 0 atom stereocenters. The number of nitrogens with one attached hydrogen (secondary N) is 1. The smallest absolute Gasteiger partial charge is 0.226 e. The first-order valence-corrected chi connectivity index (χ1v) is 5.55. The third-order valence-electron chi connectivity index (χ3n) is 2.23. The van der Waals surface area contributed by atoms with Crippen LogP contribution < -0.4 is 5.32 Å². The number of pyridine rings is 1. The molecule has 88 valence electrons. The molecule has 0 saturated carbocycles. The van der Waals surface area contributed by atoms with Gasteiger partial charge in [0.2, 0.25) is 5.91 Å². The van der Waals surface area contributed by atoms with Crippen molar-refractivity contribution in [2.45, 2.75) is 6.42 Å². The van der Waals surface area contributed by atoms with Crippen molar-refractivity contribution in [3.8, 4) is 0 Å². The van der Waals surface area contributed by atoms with E-state index in [-0.39, 0.29) is 18.9 Å². The quantitative estimate of drug-likeness (QED) is 0.897. The summed E-state index contributed by atoms with van der Waals surface area (Å²) in [6.07, 6.45) is 3.97. The maximum atomic E-state index is 11.5. The lowest BCUT2D eigenvalue weighted by atomic mass is 10.3. The highest BCUT2D eigenvalue weighted by Crippen LogP contribution is 2.05. The monoisotopic (exact) mass is 249 g/mol. The number of imidazole rings is 1. The zero-order valence-electron chi connectivity index (χ0n) is 9.19. The van der Waals surface area contributed by atoms with Crippen molar-refractivity contribution in [3.05, 3.63) is 47.9 Å². The Hall–Kier alpha value is -1.81. The summed E-state index contributed by atoms with van der Waals surface area (Å²) < 4.78 is 1.88. The summed E-state index contributed by atoms with van der Waals surface area (Å²) >= 11 is 5.56. The first-order valence-electron chi connectivity index (χ1n) is 5.18. The fourth-order valence-electron chi connectivity index (χ4n) is 1.49. The van der Waals surface area contributed by atoms with Crippen LogP contribution in [0.5, 0.6) is 0 Å². The average molecular weight is 250 g/mol. The van der Waals surface area contributed by atoms with Gasteiger partial charge < -0.3 is 9.72 Å². The van der Waals surface area contributed by atoms with Crippen LogP contribution in [0, 0.1) is 0 Å². The van der Waals surface area contributed by atoms with Gasteiger partial charge in [-0.1, -0.05) is 24.2 Å². The normalized spacial score (nSPS) is 10.4. The van der Waals surface area contributed by atoms with Gasteiger partial charge in [0, 0.05) is 17.4 Å². The molecular weight excluding hydrogens is 238 g/mol. The predicted octanol–water partition coefficient (Wildman–Crippen LogP) is 1.75. The van der Waals surface area contributed by atoms with E-state index < -0.39 is 0 Å². The molecule has 2 aromatic heterocycles. The third kappa shape index (κ3) is 3.07. The second-order valence-electron chi connectivity index (χ2n) is 3.67. The Morgan fingerprint density at radius 3 is 3.06 bits per heavy atom. The van der Waals surface area contributed by atoms with Crippen LogP contribution in [-0.4, -0.2) is 21.8 Å². The zero-order chi connectivity index (χ0) is 12.3. The number of hydrogen-bond acceptors (Lipinski definition) is 2. The molecular formula is C12H12ClN3O. The molecule has 1 amide bonds. The van der Waals surface area contributed by atoms with Crippen molar-refractivity contribution in [2.75, 3.05) is 6.54 Å². The highest BCUT2D eigenvalue weighted by Gasteiger charge is 2.06. The van der Waals surface area contributed by atoms with Gasteiger partial charge in [0.15, 0.2) is 0 Å². The van der Waals surface area contributed by atoms with Gasteiger partial charge in [-0.2, -0.15) is 0 Å². The highest BCUT2D eigenvalue weighted by atomic mass is 35.5. The zero-order valence-corrected chi connectivity index (χ0v) is 9.94. The van der Waals surface area contributed by atoms with Gasteiger partial charge in [-0.15, -0.1) is 0 Å². The summed E-state index contributed by atoms with van der Waals surface area (Å²) in [6, 6.07) is 5.71. The number of rotatable bonds is 4. The molecule has 0 saturated heterocycles. The standard InChI is InChI=1S/C12H12ClN3O/c1-9(13)7-14-12(17)6-10-8-16-5-3-2-4-11(16)15-10/h2-5,8H,1,6-7H2,(H,14,17). The topological polar surface area (TPSA) is 46.4 Å². The van der Waals surface area contributed by atoms with E-state index in [4.69, 9.17) is 11.6 Å². The minimum atomic E-state index is -0.116. The van der Waals surface area contributed by atoms with E-state index in [0.29, 0.717) is 5.03 Å². The maximum absolute atomic E-state index is 11.5. The molecule has 0 aliphatic carbocycles. The van der Waals surface area contributed by atoms with E-state index in [1.54, 1.807) is 0 Å². The summed E-state index contributed by atoms with van der Waals surface area (Å²) in [5.41, 5.74) is 1.56. The Labute approximate surface area is 104 Å². The fourth-order valence-corrected chi connectivity index (χ4v) is 1.56. The Bertz CT molecular complexity index is 529. The van der Waals surface area contributed by atoms with Crippen LogP contribution in [0.2, 0.25) is 0 Å². The van der Waals surface area contributed by atoms with Gasteiger partial charge in [-0.05, 0) is 12.1 Å². The molecule has 0 aliphatic heterocycles. The Morgan fingerprint density at radius 1 is 1.53 bits per heavy atom. The Morgan fingerprint density at radius 2 is 2.35 bits per heavy atom. The van der Waals surface area contributed by atoms with Crippen LogP contribution in [0.1, 0.15) is 5.69 Å². The van der Waals surface area contributed by atoms with Crippen molar-refractivity contribution in [3.63, 3.8) is 0 Å².